The van der Waals surface area contributed by atoms with Gasteiger partial charge in [0, 0.05) is 23.9 Å². The largest absolute Gasteiger partial charge is 0.472 e. The predicted octanol–water partition coefficient (Wildman–Crippen LogP) is 4.52. The van der Waals surface area contributed by atoms with Crippen molar-refractivity contribution in [1.29, 1.82) is 0 Å². The van der Waals surface area contributed by atoms with Gasteiger partial charge in [0.15, 0.2) is 0 Å². The van der Waals surface area contributed by atoms with Crippen molar-refractivity contribution >= 4 is 33.7 Å². The molecule has 0 saturated carbocycles. The van der Waals surface area contributed by atoms with Crippen LogP contribution in [0.2, 0.25) is 0 Å². The van der Waals surface area contributed by atoms with Gasteiger partial charge in [-0.2, -0.15) is 4.98 Å². The number of amides is 2. The highest BCUT2D eigenvalue weighted by atomic mass is 32.2. The number of benzene rings is 2. The number of aryl methyl sites for hydroxylation is 2. The number of rotatable bonds is 1. The fourth-order valence-electron chi connectivity index (χ4n) is 5.02. The monoisotopic (exact) mass is 579 g/mol. The standard InChI is InChI=1S/C29H33N5O6S/c1-17-8-6-9-18(2)25(17)23-14-24-32-27(31-23)33-41(37,38)22-11-7-10-20(13-22)30-26(35)19-12-21(39-24)16-34(15-19)28(36)40-29(3,4)5/h6-11,13-14,19,21H,12,15-16H2,1-5H3,(H,30,35)(H,31,32,33)/t19-,21-/m1/s1. The van der Waals surface area contributed by atoms with E-state index in [1.807, 2.05) is 32.0 Å². The SMILES string of the molecule is Cc1cccc(C)c1-c1cc2nc(n1)NS(=O)(=O)c1cccc(c1)NC(=O)[C@@H]1C[C@H](CN(C(=O)OC(C)(C)C)C1)O2. The predicted molar refractivity (Wildman–Crippen MR) is 153 cm³/mol. The van der Waals surface area contributed by atoms with E-state index in [1.165, 1.54) is 23.1 Å². The third-order valence-corrected chi connectivity index (χ3v) is 8.13. The van der Waals surface area contributed by atoms with Crippen molar-refractivity contribution in [2.24, 2.45) is 5.92 Å². The van der Waals surface area contributed by atoms with Crippen LogP contribution in [0, 0.1) is 19.8 Å². The maximum Gasteiger partial charge on any atom is 0.410 e. The van der Waals surface area contributed by atoms with Gasteiger partial charge in [-0.15, -0.1) is 0 Å². The fraction of sp³-hybridized carbons (Fsp3) is 0.379. The number of ether oxygens (including phenoxy) is 2. The molecular weight excluding hydrogens is 546 g/mol. The van der Waals surface area contributed by atoms with Gasteiger partial charge in [-0.05, 0) is 70.4 Å². The summed E-state index contributed by atoms with van der Waals surface area (Å²) in [7, 11) is -4.11. The first-order chi connectivity index (χ1) is 19.3. The number of fused-ring (bicyclic) bond motifs is 6. The number of sulfonamides is 1. The van der Waals surface area contributed by atoms with Crippen LogP contribution in [-0.4, -0.2) is 60.1 Å². The van der Waals surface area contributed by atoms with Gasteiger partial charge in [0.05, 0.1) is 23.1 Å². The Hall–Kier alpha value is -4.19. The zero-order valence-electron chi connectivity index (χ0n) is 23.6. The Labute approximate surface area is 239 Å². The summed E-state index contributed by atoms with van der Waals surface area (Å²) in [5.41, 5.74) is 2.75. The van der Waals surface area contributed by atoms with E-state index < -0.39 is 33.7 Å². The number of nitrogens with one attached hydrogen (secondary N) is 2. The smallest absolute Gasteiger partial charge is 0.410 e. The second-order valence-corrected chi connectivity index (χ2v) is 13.0. The minimum atomic E-state index is -4.11. The molecule has 41 heavy (non-hydrogen) atoms. The van der Waals surface area contributed by atoms with Gasteiger partial charge >= 0.3 is 6.09 Å². The lowest BCUT2D eigenvalue weighted by Crippen LogP contribution is -2.52. The Bertz CT molecular complexity index is 1600. The van der Waals surface area contributed by atoms with E-state index in [1.54, 1.807) is 32.9 Å². The lowest BCUT2D eigenvalue weighted by atomic mass is 9.95. The third kappa shape index (κ3) is 6.43. The lowest BCUT2D eigenvalue weighted by molar-refractivity contribution is -0.122. The normalized spacial score (nSPS) is 20.1. The molecule has 1 aromatic heterocycles. The molecule has 216 valence electrons. The average Bonchev–Trinajstić information content (AvgIpc) is 2.87. The van der Waals surface area contributed by atoms with Crippen LogP contribution in [0.5, 0.6) is 5.88 Å². The lowest BCUT2D eigenvalue weighted by Gasteiger charge is -2.37. The summed E-state index contributed by atoms with van der Waals surface area (Å²) >= 11 is 0. The molecule has 2 aromatic carbocycles. The molecule has 2 amide bonds. The maximum absolute atomic E-state index is 13.4. The van der Waals surface area contributed by atoms with E-state index >= 15 is 0 Å². The Balaban J connectivity index is 1.62. The number of likely N-dealkylation sites (tertiary alicyclic amines) is 1. The summed E-state index contributed by atoms with van der Waals surface area (Å²) in [6.07, 6.45) is -0.889. The molecule has 0 radical (unpaired) electrons. The number of nitrogens with zero attached hydrogens (tertiary/aromatic N) is 3. The number of hydrogen-bond donors (Lipinski definition) is 2. The molecule has 1 saturated heterocycles. The highest BCUT2D eigenvalue weighted by Gasteiger charge is 2.37. The Morgan fingerprint density at radius 2 is 1.76 bits per heavy atom. The van der Waals surface area contributed by atoms with Gasteiger partial charge in [0.2, 0.25) is 17.7 Å². The molecule has 2 aliphatic heterocycles. The zero-order chi connectivity index (χ0) is 29.5. The number of piperidine rings is 1. The van der Waals surface area contributed by atoms with Gasteiger partial charge < -0.3 is 19.7 Å². The first-order valence-electron chi connectivity index (χ1n) is 13.3. The number of carbonyl (C=O) groups excluding carboxylic acids is 2. The Morgan fingerprint density at radius 1 is 1.05 bits per heavy atom. The molecule has 3 aromatic rings. The summed E-state index contributed by atoms with van der Waals surface area (Å²) < 4.78 is 41.0. The number of anilines is 2. The number of aromatic nitrogens is 2. The summed E-state index contributed by atoms with van der Waals surface area (Å²) in [5, 5.41) is 2.79. The molecular formula is C29H33N5O6S. The van der Waals surface area contributed by atoms with E-state index in [9.17, 15) is 18.0 Å². The molecule has 5 rings (SSSR count). The van der Waals surface area contributed by atoms with Crippen LogP contribution in [0.15, 0.2) is 53.4 Å². The third-order valence-electron chi connectivity index (χ3n) is 6.80. The molecule has 6 bridgehead atoms. The highest BCUT2D eigenvalue weighted by Crippen LogP contribution is 2.32. The van der Waals surface area contributed by atoms with Crippen LogP contribution in [0.4, 0.5) is 16.4 Å². The van der Waals surface area contributed by atoms with Gasteiger partial charge in [0.1, 0.15) is 11.7 Å². The van der Waals surface area contributed by atoms with E-state index in [0.29, 0.717) is 17.8 Å². The van der Waals surface area contributed by atoms with E-state index in [0.717, 1.165) is 16.7 Å². The van der Waals surface area contributed by atoms with Crippen LogP contribution in [0.3, 0.4) is 0 Å². The van der Waals surface area contributed by atoms with Crippen molar-refractivity contribution in [3.05, 3.63) is 59.7 Å². The first kappa shape index (κ1) is 28.3. The molecule has 12 heteroatoms. The fourth-order valence-corrected chi connectivity index (χ4v) is 6.01. The van der Waals surface area contributed by atoms with Gasteiger partial charge in [-0.1, -0.05) is 24.3 Å². The number of hydrogen-bond acceptors (Lipinski definition) is 8. The summed E-state index contributed by atoms with van der Waals surface area (Å²) in [5.74, 6) is -1.08. The summed E-state index contributed by atoms with van der Waals surface area (Å²) in [6, 6.07) is 13.4. The van der Waals surface area contributed by atoms with Crippen molar-refractivity contribution in [3.63, 3.8) is 0 Å². The van der Waals surface area contributed by atoms with Gasteiger partial charge in [-0.3, -0.25) is 4.79 Å². The zero-order valence-corrected chi connectivity index (χ0v) is 24.4. The van der Waals surface area contributed by atoms with Crippen molar-refractivity contribution in [2.45, 2.75) is 57.6 Å². The second kappa shape index (κ2) is 10.7. The minimum Gasteiger partial charge on any atom is -0.472 e. The molecule has 0 spiro atoms. The molecule has 2 atom stereocenters. The Morgan fingerprint density at radius 3 is 2.46 bits per heavy atom. The minimum absolute atomic E-state index is 0.0761. The first-order valence-corrected chi connectivity index (χ1v) is 14.8. The number of carbonyl (C=O) groups is 2. The summed E-state index contributed by atoms with van der Waals surface area (Å²) in [6.45, 7) is 9.47. The molecule has 0 aliphatic carbocycles. The van der Waals surface area contributed by atoms with Crippen molar-refractivity contribution < 1.29 is 27.5 Å². The van der Waals surface area contributed by atoms with Gasteiger partial charge in [-0.25, -0.2) is 22.9 Å². The quantitative estimate of drug-likeness (QED) is 0.429. The van der Waals surface area contributed by atoms with Crippen LogP contribution in [-0.2, 0) is 19.6 Å². The topological polar surface area (TPSA) is 140 Å². The average molecular weight is 580 g/mol. The summed E-state index contributed by atoms with van der Waals surface area (Å²) in [4.78, 5) is 36.7. The Kier molecular flexibility index (Phi) is 7.37. The van der Waals surface area contributed by atoms with Crippen molar-refractivity contribution in [1.82, 2.24) is 14.9 Å². The van der Waals surface area contributed by atoms with Crippen LogP contribution in [0.1, 0.15) is 38.3 Å². The van der Waals surface area contributed by atoms with Crippen LogP contribution < -0.4 is 14.8 Å². The molecule has 11 nitrogen and oxygen atoms in total. The van der Waals surface area contributed by atoms with E-state index in [-0.39, 0.29) is 35.7 Å². The highest BCUT2D eigenvalue weighted by molar-refractivity contribution is 7.92. The van der Waals surface area contributed by atoms with Crippen LogP contribution >= 0.6 is 0 Å². The van der Waals surface area contributed by atoms with Crippen LogP contribution in [0.25, 0.3) is 11.3 Å². The maximum atomic E-state index is 13.4. The molecule has 1 fully saturated rings. The van der Waals surface area contributed by atoms with Crippen molar-refractivity contribution in [2.75, 3.05) is 23.1 Å². The molecule has 0 unspecified atom stereocenters. The van der Waals surface area contributed by atoms with E-state index in [2.05, 4.69) is 20.0 Å². The second-order valence-electron chi connectivity index (χ2n) is 11.4. The van der Waals surface area contributed by atoms with Crippen molar-refractivity contribution in [3.8, 4) is 17.1 Å². The molecule has 3 heterocycles. The van der Waals surface area contributed by atoms with E-state index in [4.69, 9.17) is 9.47 Å². The molecule has 2 N–H and O–H groups in total. The van der Waals surface area contributed by atoms with Gasteiger partial charge in [0.25, 0.3) is 10.0 Å². The molecule has 2 aliphatic rings.